The predicted octanol–water partition coefficient (Wildman–Crippen LogP) is 7.89. The van der Waals surface area contributed by atoms with Crippen LogP contribution in [-0.4, -0.2) is 15.0 Å². The number of fused-ring (bicyclic) bond motifs is 3. The average molecular weight is 428 g/mol. The van der Waals surface area contributed by atoms with Crippen LogP contribution >= 0.6 is 23.2 Å². The van der Waals surface area contributed by atoms with Crippen molar-refractivity contribution in [2.75, 3.05) is 0 Å². The van der Waals surface area contributed by atoms with Gasteiger partial charge in [-0.15, -0.1) is 0 Å². The van der Waals surface area contributed by atoms with Gasteiger partial charge in [-0.3, -0.25) is 0 Å². The van der Waals surface area contributed by atoms with Crippen molar-refractivity contribution in [2.45, 2.75) is 45.4 Å². The Balaban J connectivity index is 1.86. The molecule has 4 rings (SSSR count). The van der Waals surface area contributed by atoms with Gasteiger partial charge in [0.15, 0.2) is 0 Å². The number of imidazole rings is 1. The highest BCUT2D eigenvalue weighted by molar-refractivity contribution is 6.42. The molecule has 0 aliphatic rings. The molecule has 0 aliphatic heterocycles. The minimum atomic E-state index is 0.397. The summed E-state index contributed by atoms with van der Waals surface area (Å²) in [6.45, 7) is 4.42. The number of hydrogen-bond acceptors (Lipinski definition) is 3. The van der Waals surface area contributed by atoms with E-state index in [9.17, 15) is 0 Å². The van der Waals surface area contributed by atoms with E-state index in [1.165, 1.54) is 0 Å². The van der Waals surface area contributed by atoms with E-state index < -0.39 is 0 Å². The minimum absolute atomic E-state index is 0.397. The molecule has 0 saturated heterocycles. The zero-order valence-corrected chi connectivity index (χ0v) is 18.0. The maximum absolute atomic E-state index is 6.16. The van der Waals surface area contributed by atoms with Crippen molar-refractivity contribution in [3.63, 3.8) is 0 Å². The van der Waals surface area contributed by atoms with E-state index in [4.69, 9.17) is 37.9 Å². The van der Waals surface area contributed by atoms with Crippen LogP contribution in [0.4, 0.5) is 0 Å². The van der Waals surface area contributed by atoms with Crippen LogP contribution in [-0.2, 0) is 0 Å². The smallest absolute Gasteiger partial charge is 0.246 e. The van der Waals surface area contributed by atoms with E-state index in [0.29, 0.717) is 27.6 Å². The Labute approximate surface area is 180 Å². The first kappa shape index (κ1) is 20.0. The number of rotatable bonds is 7. The van der Waals surface area contributed by atoms with Crippen LogP contribution in [0.2, 0.25) is 10.0 Å². The maximum Gasteiger partial charge on any atom is 0.246 e. The highest BCUT2D eigenvalue weighted by Gasteiger charge is 2.19. The summed E-state index contributed by atoms with van der Waals surface area (Å²) in [5.74, 6) is 2.47. The molecule has 150 valence electrons. The van der Waals surface area contributed by atoms with Crippen molar-refractivity contribution < 1.29 is 4.74 Å². The van der Waals surface area contributed by atoms with Crippen molar-refractivity contribution >= 4 is 45.1 Å². The number of halogens is 2. The molecule has 6 heteroatoms. The molecular formula is C23H23Cl2N3O. The van der Waals surface area contributed by atoms with Gasteiger partial charge in [-0.1, -0.05) is 68.1 Å². The summed E-state index contributed by atoms with van der Waals surface area (Å²) < 4.78 is 6.12. The average Bonchev–Trinajstić information content (AvgIpc) is 3.17. The van der Waals surface area contributed by atoms with Crippen LogP contribution in [0.25, 0.3) is 21.9 Å². The summed E-state index contributed by atoms with van der Waals surface area (Å²) in [6, 6.07) is 13.2. The Bertz CT molecular complexity index is 1150. The highest BCUT2D eigenvalue weighted by Crippen LogP contribution is 2.36. The fourth-order valence-corrected chi connectivity index (χ4v) is 4.00. The van der Waals surface area contributed by atoms with Crippen LogP contribution in [0.15, 0.2) is 42.5 Å². The van der Waals surface area contributed by atoms with Crippen molar-refractivity contribution in [1.29, 1.82) is 0 Å². The van der Waals surface area contributed by atoms with Crippen molar-refractivity contribution in [3.8, 4) is 11.6 Å². The molecule has 0 bridgehead atoms. The first-order chi connectivity index (χ1) is 14.1. The molecular weight excluding hydrogens is 405 g/mol. The second-order valence-corrected chi connectivity index (χ2v) is 8.05. The zero-order chi connectivity index (χ0) is 20.4. The first-order valence-corrected chi connectivity index (χ1v) is 10.8. The normalized spacial score (nSPS) is 11.6. The number of nitrogens with zero attached hydrogens (tertiary/aromatic N) is 2. The third kappa shape index (κ3) is 4.05. The fraction of sp³-hybridized carbons (Fsp3) is 0.304. The third-order valence-electron chi connectivity index (χ3n) is 5.08. The van der Waals surface area contributed by atoms with Gasteiger partial charge in [0.05, 0.1) is 15.6 Å². The van der Waals surface area contributed by atoms with Gasteiger partial charge in [0.25, 0.3) is 0 Å². The summed E-state index contributed by atoms with van der Waals surface area (Å²) >= 11 is 12.2. The molecule has 4 aromatic rings. The summed E-state index contributed by atoms with van der Waals surface area (Å²) in [4.78, 5) is 13.3. The molecule has 2 aromatic carbocycles. The number of para-hydroxylation sites is 1. The molecule has 0 fully saturated rings. The van der Waals surface area contributed by atoms with Crippen molar-refractivity contribution in [2.24, 2.45) is 0 Å². The molecule has 0 aliphatic carbocycles. The quantitative estimate of drug-likeness (QED) is 0.326. The lowest BCUT2D eigenvalue weighted by molar-refractivity contribution is 0.469. The lowest BCUT2D eigenvalue weighted by Crippen LogP contribution is -2.00. The van der Waals surface area contributed by atoms with E-state index in [-0.39, 0.29) is 0 Å². The third-order valence-corrected chi connectivity index (χ3v) is 5.82. The van der Waals surface area contributed by atoms with Gasteiger partial charge in [-0.25, -0.2) is 9.97 Å². The lowest BCUT2D eigenvalue weighted by atomic mass is 9.98. The van der Waals surface area contributed by atoms with Gasteiger partial charge in [0, 0.05) is 17.4 Å². The van der Waals surface area contributed by atoms with Gasteiger partial charge in [-0.05, 0) is 31.0 Å². The number of aromatic nitrogens is 3. The molecule has 4 nitrogen and oxygen atoms in total. The summed E-state index contributed by atoms with van der Waals surface area (Å²) in [6.07, 6.45) is 4.44. The Morgan fingerprint density at radius 3 is 2.45 bits per heavy atom. The molecule has 0 radical (unpaired) electrons. The molecule has 0 atom stereocenters. The minimum Gasteiger partial charge on any atom is -0.437 e. The van der Waals surface area contributed by atoms with Crippen molar-refractivity contribution in [3.05, 3.63) is 58.3 Å². The lowest BCUT2D eigenvalue weighted by Gasteiger charge is -2.11. The Hall–Kier alpha value is -2.30. The first-order valence-electron chi connectivity index (χ1n) is 10.0. The van der Waals surface area contributed by atoms with Gasteiger partial charge in [0.1, 0.15) is 22.6 Å². The summed E-state index contributed by atoms with van der Waals surface area (Å²) in [7, 11) is 0. The largest absolute Gasteiger partial charge is 0.437 e. The van der Waals surface area contributed by atoms with Crippen LogP contribution in [0, 0.1) is 0 Å². The topological polar surface area (TPSA) is 50.8 Å². The van der Waals surface area contributed by atoms with Gasteiger partial charge in [-0.2, -0.15) is 0 Å². The van der Waals surface area contributed by atoms with E-state index in [0.717, 1.165) is 53.4 Å². The molecule has 0 unspecified atom stereocenters. The van der Waals surface area contributed by atoms with Crippen molar-refractivity contribution in [1.82, 2.24) is 15.0 Å². The van der Waals surface area contributed by atoms with Crippen LogP contribution < -0.4 is 4.74 Å². The SMILES string of the molecule is CCCC(CCC)c1nc2c([nH]1)c(Oc1ccc(Cl)c(Cl)c1)nc1ccccc12. The molecule has 0 spiro atoms. The van der Waals surface area contributed by atoms with E-state index >= 15 is 0 Å². The number of aromatic amines is 1. The number of H-pyrrole nitrogens is 1. The second kappa shape index (κ2) is 8.60. The number of hydrogen-bond donors (Lipinski definition) is 1. The highest BCUT2D eigenvalue weighted by atomic mass is 35.5. The molecule has 29 heavy (non-hydrogen) atoms. The Morgan fingerprint density at radius 1 is 0.966 bits per heavy atom. The van der Waals surface area contributed by atoms with Gasteiger partial charge < -0.3 is 9.72 Å². The zero-order valence-electron chi connectivity index (χ0n) is 16.5. The van der Waals surface area contributed by atoms with E-state index in [2.05, 4.69) is 18.8 Å². The maximum atomic E-state index is 6.16. The van der Waals surface area contributed by atoms with Crippen LogP contribution in [0.3, 0.4) is 0 Å². The van der Waals surface area contributed by atoms with Crippen LogP contribution in [0.5, 0.6) is 11.6 Å². The van der Waals surface area contributed by atoms with Gasteiger partial charge >= 0.3 is 0 Å². The molecule has 0 saturated carbocycles. The summed E-state index contributed by atoms with van der Waals surface area (Å²) in [5.41, 5.74) is 2.54. The van der Waals surface area contributed by atoms with E-state index in [1.807, 2.05) is 24.3 Å². The number of nitrogens with one attached hydrogen (secondary N) is 1. The van der Waals surface area contributed by atoms with Crippen LogP contribution in [0.1, 0.15) is 51.3 Å². The molecule has 1 N–H and O–H groups in total. The standard InChI is InChI=1S/C23H23Cl2N3O/c1-3-7-14(8-4-2)22-27-20-16-9-5-6-10-19(16)26-23(21(20)28-22)29-15-11-12-17(24)18(25)13-15/h5-6,9-14H,3-4,7-8H2,1-2H3,(H,27,28). The number of pyridine rings is 1. The molecule has 2 aromatic heterocycles. The predicted molar refractivity (Wildman–Crippen MR) is 120 cm³/mol. The number of ether oxygens (including phenoxy) is 1. The monoisotopic (exact) mass is 427 g/mol. The number of benzene rings is 2. The van der Waals surface area contributed by atoms with Gasteiger partial charge in [0.2, 0.25) is 5.88 Å². The Kier molecular flexibility index (Phi) is 5.93. The molecule has 0 amide bonds. The Morgan fingerprint density at radius 2 is 1.72 bits per heavy atom. The fourth-order valence-electron chi connectivity index (χ4n) is 3.71. The second-order valence-electron chi connectivity index (χ2n) is 7.23. The summed E-state index contributed by atoms with van der Waals surface area (Å²) in [5, 5.41) is 1.94. The molecule has 2 heterocycles. The van der Waals surface area contributed by atoms with E-state index in [1.54, 1.807) is 18.2 Å².